The first-order valence-electron chi connectivity index (χ1n) is 5.65. The fourth-order valence-corrected chi connectivity index (χ4v) is 1.40. The predicted molar refractivity (Wildman–Crippen MR) is 57.6 cm³/mol. The van der Waals surface area contributed by atoms with E-state index in [0.29, 0.717) is 0 Å². The molecule has 0 aliphatic heterocycles. The Kier molecular flexibility index (Phi) is 9.94. The van der Waals surface area contributed by atoms with E-state index in [2.05, 4.69) is 6.92 Å². The quantitative estimate of drug-likeness (QED) is 0.406. The highest BCUT2D eigenvalue weighted by Gasteiger charge is 1.95. The van der Waals surface area contributed by atoms with Gasteiger partial charge in [-0.05, 0) is 13.3 Å². The Morgan fingerprint density at radius 3 is 2.15 bits per heavy atom. The number of unbranched alkanes of at least 4 members (excludes halogenated alkanes) is 5. The zero-order valence-electron chi connectivity index (χ0n) is 9.51. The van der Waals surface area contributed by atoms with E-state index in [4.69, 9.17) is 4.84 Å². The van der Waals surface area contributed by atoms with Crippen molar-refractivity contribution in [2.45, 2.75) is 52.4 Å². The van der Waals surface area contributed by atoms with E-state index in [-0.39, 0.29) is 0 Å². The van der Waals surface area contributed by atoms with Gasteiger partial charge >= 0.3 is 0 Å². The number of nitrogens with zero attached hydrogens (tertiary/aromatic N) is 1. The molecule has 0 aromatic rings. The summed E-state index contributed by atoms with van der Waals surface area (Å²) in [7, 11) is 2.01. The van der Waals surface area contributed by atoms with E-state index < -0.39 is 0 Å². The summed E-state index contributed by atoms with van der Waals surface area (Å²) >= 11 is 0. The fraction of sp³-hybridized carbons (Fsp3) is 1.00. The van der Waals surface area contributed by atoms with E-state index >= 15 is 0 Å². The SMILES string of the molecule is CCCCCCCCN(C)OCC. The Balaban J connectivity index is 2.97. The van der Waals surface area contributed by atoms with Crippen LogP contribution in [0, 0.1) is 0 Å². The van der Waals surface area contributed by atoms with Crippen LogP contribution in [-0.4, -0.2) is 25.3 Å². The average Bonchev–Trinajstić information content (AvgIpc) is 2.11. The third-order valence-corrected chi connectivity index (χ3v) is 2.18. The summed E-state index contributed by atoms with van der Waals surface area (Å²) in [5, 5.41) is 1.94. The summed E-state index contributed by atoms with van der Waals surface area (Å²) in [6.45, 7) is 6.13. The van der Waals surface area contributed by atoms with Crippen LogP contribution in [0.5, 0.6) is 0 Å². The lowest BCUT2D eigenvalue weighted by molar-refractivity contribution is -0.135. The van der Waals surface area contributed by atoms with Crippen molar-refractivity contribution in [1.82, 2.24) is 5.06 Å². The van der Waals surface area contributed by atoms with Crippen LogP contribution >= 0.6 is 0 Å². The van der Waals surface area contributed by atoms with Crippen molar-refractivity contribution in [3.05, 3.63) is 0 Å². The standard InChI is InChI=1S/C11H25NO/c1-4-6-7-8-9-10-11-12(3)13-5-2/h4-11H2,1-3H3. The highest BCUT2D eigenvalue weighted by atomic mass is 16.7. The van der Waals surface area contributed by atoms with Gasteiger partial charge in [-0.3, -0.25) is 4.84 Å². The number of hydrogen-bond acceptors (Lipinski definition) is 2. The van der Waals surface area contributed by atoms with Gasteiger partial charge in [0, 0.05) is 13.6 Å². The Bertz CT molecular complexity index is 96.1. The van der Waals surface area contributed by atoms with Crippen molar-refractivity contribution in [2.75, 3.05) is 20.2 Å². The Hall–Kier alpha value is -0.0800. The van der Waals surface area contributed by atoms with Crippen LogP contribution in [0.25, 0.3) is 0 Å². The first kappa shape index (κ1) is 12.9. The minimum atomic E-state index is 0.784. The summed E-state index contributed by atoms with van der Waals surface area (Å²) in [4.78, 5) is 5.30. The molecule has 0 radical (unpaired) electrons. The molecule has 0 amide bonds. The molecule has 0 saturated heterocycles. The molecule has 0 N–H and O–H groups in total. The van der Waals surface area contributed by atoms with E-state index in [1.54, 1.807) is 0 Å². The lowest BCUT2D eigenvalue weighted by atomic mass is 10.1. The molecule has 0 spiro atoms. The van der Waals surface area contributed by atoms with Gasteiger partial charge in [-0.15, -0.1) is 0 Å². The van der Waals surface area contributed by atoms with Gasteiger partial charge in [-0.2, -0.15) is 5.06 Å². The maximum Gasteiger partial charge on any atom is 0.0656 e. The monoisotopic (exact) mass is 187 g/mol. The van der Waals surface area contributed by atoms with Crippen molar-refractivity contribution >= 4 is 0 Å². The normalized spacial score (nSPS) is 11.1. The predicted octanol–water partition coefficient (Wildman–Crippen LogP) is 3.23. The molecule has 0 aliphatic carbocycles. The second-order valence-electron chi connectivity index (χ2n) is 3.54. The molecular formula is C11H25NO. The zero-order valence-corrected chi connectivity index (χ0v) is 9.51. The van der Waals surface area contributed by atoms with Crippen LogP contribution in [0.2, 0.25) is 0 Å². The molecule has 0 saturated carbocycles. The maximum atomic E-state index is 5.30. The van der Waals surface area contributed by atoms with Crippen molar-refractivity contribution < 1.29 is 4.84 Å². The van der Waals surface area contributed by atoms with E-state index in [0.717, 1.165) is 13.2 Å². The zero-order chi connectivity index (χ0) is 9.94. The molecule has 2 nitrogen and oxygen atoms in total. The van der Waals surface area contributed by atoms with Crippen LogP contribution < -0.4 is 0 Å². The Morgan fingerprint density at radius 2 is 1.54 bits per heavy atom. The molecule has 0 aromatic carbocycles. The second kappa shape index (κ2) is 10.0. The lowest BCUT2D eigenvalue weighted by Crippen LogP contribution is -2.19. The first-order chi connectivity index (χ1) is 6.31. The number of hydrogen-bond donors (Lipinski definition) is 0. The highest BCUT2D eigenvalue weighted by Crippen LogP contribution is 2.05. The van der Waals surface area contributed by atoms with Crippen molar-refractivity contribution in [3.8, 4) is 0 Å². The van der Waals surface area contributed by atoms with Gasteiger partial charge in [0.15, 0.2) is 0 Å². The van der Waals surface area contributed by atoms with Crippen molar-refractivity contribution in [2.24, 2.45) is 0 Å². The smallest absolute Gasteiger partial charge is 0.0656 e. The minimum Gasteiger partial charge on any atom is -0.300 e. The second-order valence-corrected chi connectivity index (χ2v) is 3.54. The first-order valence-corrected chi connectivity index (χ1v) is 5.65. The maximum absolute atomic E-state index is 5.30. The molecule has 0 rings (SSSR count). The average molecular weight is 187 g/mol. The lowest BCUT2D eigenvalue weighted by Gasteiger charge is -2.14. The third-order valence-electron chi connectivity index (χ3n) is 2.18. The van der Waals surface area contributed by atoms with Crippen LogP contribution in [0.3, 0.4) is 0 Å². The highest BCUT2D eigenvalue weighted by molar-refractivity contribution is 4.45. The van der Waals surface area contributed by atoms with E-state index in [1.165, 1.54) is 38.5 Å². The Morgan fingerprint density at radius 1 is 0.923 bits per heavy atom. The van der Waals surface area contributed by atoms with Crippen LogP contribution in [0.15, 0.2) is 0 Å². The summed E-state index contributed by atoms with van der Waals surface area (Å²) in [5.41, 5.74) is 0. The molecule has 0 fully saturated rings. The fourth-order valence-electron chi connectivity index (χ4n) is 1.40. The van der Waals surface area contributed by atoms with Crippen LogP contribution in [0.4, 0.5) is 0 Å². The summed E-state index contributed by atoms with van der Waals surface area (Å²) in [6, 6.07) is 0. The molecular weight excluding hydrogens is 162 g/mol. The summed E-state index contributed by atoms with van der Waals surface area (Å²) in [6.07, 6.45) is 8.11. The molecule has 0 atom stereocenters. The molecule has 0 bridgehead atoms. The summed E-state index contributed by atoms with van der Waals surface area (Å²) < 4.78 is 0. The topological polar surface area (TPSA) is 12.5 Å². The van der Waals surface area contributed by atoms with Gasteiger partial charge < -0.3 is 0 Å². The minimum absolute atomic E-state index is 0.784. The van der Waals surface area contributed by atoms with E-state index in [9.17, 15) is 0 Å². The van der Waals surface area contributed by atoms with Crippen molar-refractivity contribution in [1.29, 1.82) is 0 Å². The molecule has 0 aromatic heterocycles. The molecule has 13 heavy (non-hydrogen) atoms. The third kappa shape index (κ3) is 9.84. The Labute approximate surface area is 83.2 Å². The van der Waals surface area contributed by atoms with Crippen LogP contribution in [-0.2, 0) is 4.84 Å². The van der Waals surface area contributed by atoms with Gasteiger partial charge in [0.25, 0.3) is 0 Å². The van der Waals surface area contributed by atoms with Gasteiger partial charge in [-0.25, -0.2) is 0 Å². The number of rotatable bonds is 9. The van der Waals surface area contributed by atoms with E-state index in [1.807, 2.05) is 19.0 Å². The van der Waals surface area contributed by atoms with Gasteiger partial charge in [-0.1, -0.05) is 39.0 Å². The molecule has 2 heteroatoms. The van der Waals surface area contributed by atoms with Crippen molar-refractivity contribution in [3.63, 3.8) is 0 Å². The molecule has 0 heterocycles. The molecule has 0 unspecified atom stereocenters. The van der Waals surface area contributed by atoms with Gasteiger partial charge in [0.1, 0.15) is 0 Å². The molecule has 80 valence electrons. The molecule has 0 aliphatic rings. The van der Waals surface area contributed by atoms with Gasteiger partial charge in [0.2, 0.25) is 0 Å². The van der Waals surface area contributed by atoms with Gasteiger partial charge in [0.05, 0.1) is 6.61 Å². The largest absolute Gasteiger partial charge is 0.300 e. The number of hydroxylamine groups is 2. The van der Waals surface area contributed by atoms with Crippen LogP contribution in [0.1, 0.15) is 52.4 Å². The summed E-state index contributed by atoms with van der Waals surface area (Å²) in [5.74, 6) is 0.